The van der Waals surface area contributed by atoms with Crippen LogP contribution in [0, 0.1) is 0 Å². The fourth-order valence-electron chi connectivity index (χ4n) is 5.12. The third-order valence-electron chi connectivity index (χ3n) is 7.65. The van der Waals surface area contributed by atoms with Crippen molar-refractivity contribution in [2.24, 2.45) is 0 Å². The van der Waals surface area contributed by atoms with Crippen molar-refractivity contribution in [1.29, 1.82) is 0 Å². The van der Waals surface area contributed by atoms with E-state index in [1.54, 1.807) is 6.07 Å². The van der Waals surface area contributed by atoms with Crippen molar-refractivity contribution in [3.8, 4) is 0 Å². The van der Waals surface area contributed by atoms with Gasteiger partial charge in [0.05, 0.1) is 35.1 Å². The average Bonchev–Trinajstić information content (AvgIpc) is 3.31. The van der Waals surface area contributed by atoms with E-state index >= 15 is 0 Å². The number of anilines is 2. The molecule has 0 saturated carbocycles. The number of carboxylic acid groups (broad SMARTS) is 2. The minimum atomic E-state index is -5.11. The third-order valence-corrected chi connectivity index (χ3v) is 9.37. The second-order valence-electron chi connectivity index (χ2n) is 11.6. The molecule has 1 aliphatic heterocycles. The van der Waals surface area contributed by atoms with E-state index in [2.05, 4.69) is 20.6 Å². The number of rotatable bonds is 16. The first-order valence-corrected chi connectivity index (χ1v) is 18.1. The molecule has 52 heavy (non-hydrogen) atoms. The predicted octanol–water partition coefficient (Wildman–Crippen LogP) is -2.70. The quantitative estimate of drug-likeness (QED) is 0.0688. The van der Waals surface area contributed by atoms with E-state index in [0.29, 0.717) is 11.1 Å². The SMILES string of the molecule is Nc1nc2ccc(CN(C(=O)CSCC(=O)N[C@@H]3OC(CP(=O)([O-])[O-])C(O)C3O)c3ccc(C(=O)N[C@@H](CCC(=O)O)C(=O)O)cc3)cc2c(=O)[nH]1. The van der Waals surface area contributed by atoms with Gasteiger partial charge in [-0.15, -0.1) is 11.8 Å². The van der Waals surface area contributed by atoms with Gasteiger partial charge in [0, 0.05) is 23.8 Å². The number of aliphatic carboxylic acids is 2. The lowest BCUT2D eigenvalue weighted by Crippen LogP contribution is -2.44. The van der Waals surface area contributed by atoms with Gasteiger partial charge in [-0.05, 0) is 48.4 Å². The highest BCUT2D eigenvalue weighted by Gasteiger charge is 2.43. The number of benzene rings is 2. The maximum atomic E-state index is 13.6. The number of H-pyrrole nitrogens is 1. The molecule has 2 aromatic carbocycles. The fourth-order valence-corrected chi connectivity index (χ4v) is 6.56. The fraction of sp³-hybridized carbons (Fsp3) is 0.367. The van der Waals surface area contributed by atoms with Gasteiger partial charge in [-0.1, -0.05) is 13.7 Å². The molecule has 280 valence electrons. The van der Waals surface area contributed by atoms with Crippen molar-refractivity contribution in [2.75, 3.05) is 28.3 Å². The highest BCUT2D eigenvalue weighted by atomic mass is 32.2. The molecule has 9 N–H and O–H groups in total. The minimum absolute atomic E-state index is 0.00154. The first kappa shape index (κ1) is 39.9. The number of carboxylic acids is 2. The van der Waals surface area contributed by atoms with E-state index in [1.165, 1.54) is 41.3 Å². The van der Waals surface area contributed by atoms with Gasteiger partial charge in [-0.3, -0.25) is 29.0 Å². The first-order chi connectivity index (χ1) is 24.4. The Morgan fingerprint density at radius 2 is 1.75 bits per heavy atom. The van der Waals surface area contributed by atoms with Crippen LogP contribution in [0.25, 0.3) is 10.9 Å². The lowest BCUT2D eigenvalue weighted by Gasteiger charge is -2.32. The standard InChI is InChI=1S/C30H35N6O14PS/c31-30-33-18-6-1-14(9-17(18)27(44)35-30)10-36(16-4-2-15(3-5-16)26(43)32-19(29(45)46)7-8-23(39)40)22(38)13-52-12-21(37)34-28-25(42)24(41)20(50-28)11-51(47,48)49/h1-6,9,19-20,24-25,28,41-42H,7-8,10-13H2,(H,32,43)(H,34,37)(H,39,40)(H,45,46)(H2,47,48,49)(H3,31,33,35,44)/p-2/t19-,20?,24?,25?,28+/m0/s1. The lowest BCUT2D eigenvalue weighted by molar-refractivity contribution is -0.315. The number of aromatic amines is 1. The number of ether oxygens (including phenoxy) is 1. The van der Waals surface area contributed by atoms with Gasteiger partial charge in [0.25, 0.3) is 11.5 Å². The number of nitrogens with two attached hydrogens (primary N) is 1. The molecule has 3 unspecified atom stereocenters. The van der Waals surface area contributed by atoms with Crippen molar-refractivity contribution < 1.29 is 63.5 Å². The second kappa shape index (κ2) is 17.1. The van der Waals surface area contributed by atoms with E-state index < -0.39 is 86.0 Å². The van der Waals surface area contributed by atoms with Crippen molar-refractivity contribution in [3.63, 3.8) is 0 Å². The first-order valence-electron chi connectivity index (χ1n) is 15.3. The largest absolute Gasteiger partial charge is 0.811 e. The molecule has 3 aromatic rings. The number of nitrogens with zero attached hydrogens (tertiary/aromatic N) is 2. The van der Waals surface area contributed by atoms with E-state index in [-0.39, 0.29) is 47.1 Å². The Morgan fingerprint density at radius 1 is 1.06 bits per heavy atom. The highest BCUT2D eigenvalue weighted by Crippen LogP contribution is 2.31. The van der Waals surface area contributed by atoms with Crippen LogP contribution in [0.4, 0.5) is 11.6 Å². The number of amides is 3. The molecule has 1 aliphatic rings. The molecule has 0 aliphatic carbocycles. The van der Waals surface area contributed by atoms with Gasteiger partial charge < -0.3 is 60.8 Å². The number of carbonyl (C=O) groups is 5. The van der Waals surface area contributed by atoms with Crippen LogP contribution in [-0.4, -0.2) is 108 Å². The smallest absolute Gasteiger partial charge is 0.326 e. The Hall–Kier alpha value is -4.89. The number of thioether (sulfide) groups is 1. The van der Waals surface area contributed by atoms with Crippen LogP contribution in [0.2, 0.25) is 0 Å². The third kappa shape index (κ3) is 10.8. The van der Waals surface area contributed by atoms with Crippen LogP contribution < -0.4 is 36.6 Å². The van der Waals surface area contributed by atoms with E-state index in [9.17, 15) is 58.4 Å². The van der Waals surface area contributed by atoms with Crippen LogP contribution in [0.15, 0.2) is 47.3 Å². The number of fused-ring (bicyclic) bond motifs is 1. The zero-order valence-corrected chi connectivity index (χ0v) is 28.6. The zero-order valence-electron chi connectivity index (χ0n) is 26.9. The molecule has 20 nitrogen and oxygen atoms in total. The molecule has 0 spiro atoms. The molecule has 22 heteroatoms. The van der Waals surface area contributed by atoms with Gasteiger partial charge in [0.2, 0.25) is 17.8 Å². The van der Waals surface area contributed by atoms with E-state index in [4.69, 9.17) is 15.6 Å². The van der Waals surface area contributed by atoms with Crippen molar-refractivity contribution in [1.82, 2.24) is 20.6 Å². The van der Waals surface area contributed by atoms with Crippen molar-refractivity contribution >= 4 is 71.6 Å². The summed E-state index contributed by atoms with van der Waals surface area (Å²) in [6.45, 7) is -0.113. The van der Waals surface area contributed by atoms with Gasteiger partial charge in [0.15, 0.2) is 6.23 Å². The maximum absolute atomic E-state index is 13.6. The molecular formula is C30H33N6O14PS-2. The highest BCUT2D eigenvalue weighted by molar-refractivity contribution is 8.00. The zero-order chi connectivity index (χ0) is 38.3. The van der Waals surface area contributed by atoms with Crippen LogP contribution in [0.1, 0.15) is 28.8 Å². The molecule has 1 saturated heterocycles. The van der Waals surface area contributed by atoms with Gasteiger partial charge in [-0.2, -0.15) is 0 Å². The molecule has 5 atom stereocenters. The maximum Gasteiger partial charge on any atom is 0.326 e. The minimum Gasteiger partial charge on any atom is -0.811 e. The summed E-state index contributed by atoms with van der Waals surface area (Å²) in [6.07, 6.45) is -8.52. The number of nitrogens with one attached hydrogen (secondary N) is 3. The molecule has 1 fully saturated rings. The summed E-state index contributed by atoms with van der Waals surface area (Å²) >= 11 is 0.842. The molecular weight excluding hydrogens is 731 g/mol. The summed E-state index contributed by atoms with van der Waals surface area (Å²) in [4.78, 5) is 104. The number of aromatic nitrogens is 2. The van der Waals surface area contributed by atoms with Crippen LogP contribution in [0.5, 0.6) is 0 Å². The number of hydrogen-bond donors (Lipinski definition) is 8. The molecule has 4 rings (SSSR count). The lowest BCUT2D eigenvalue weighted by atomic mass is 10.1. The molecule has 1 aromatic heterocycles. The summed E-state index contributed by atoms with van der Waals surface area (Å²) in [5, 5.41) is 43.1. The molecule has 2 heterocycles. The Bertz CT molecular complexity index is 1940. The van der Waals surface area contributed by atoms with Gasteiger partial charge in [0.1, 0.15) is 18.2 Å². The summed E-state index contributed by atoms with van der Waals surface area (Å²) in [5.74, 6) is -5.54. The van der Waals surface area contributed by atoms with Gasteiger partial charge in [-0.25, -0.2) is 9.78 Å². The number of aliphatic hydroxyl groups is 2. The Morgan fingerprint density at radius 3 is 2.38 bits per heavy atom. The Labute approximate surface area is 297 Å². The van der Waals surface area contributed by atoms with Crippen LogP contribution in [-0.2, 0) is 35.0 Å². The van der Waals surface area contributed by atoms with Crippen molar-refractivity contribution in [2.45, 2.75) is 50.0 Å². The topological polar surface area (TPSA) is 338 Å². The normalized spacial score (nSPS) is 19.2. The monoisotopic (exact) mass is 764 g/mol. The number of carbonyl (C=O) groups excluding carboxylic acids is 3. The predicted molar refractivity (Wildman–Crippen MR) is 179 cm³/mol. The van der Waals surface area contributed by atoms with Crippen molar-refractivity contribution in [3.05, 3.63) is 63.9 Å². The number of nitrogen functional groups attached to an aromatic ring is 1. The molecule has 0 radical (unpaired) electrons. The Balaban J connectivity index is 1.48. The summed E-state index contributed by atoms with van der Waals surface area (Å²) in [5.41, 5.74) is 6.14. The Kier molecular flexibility index (Phi) is 13.1. The van der Waals surface area contributed by atoms with E-state index in [1.807, 2.05) is 0 Å². The van der Waals surface area contributed by atoms with Gasteiger partial charge >= 0.3 is 11.9 Å². The number of hydrogen-bond acceptors (Lipinski definition) is 15. The molecule has 0 bridgehead atoms. The summed E-state index contributed by atoms with van der Waals surface area (Å²) in [7, 11) is -5.11. The average molecular weight is 765 g/mol. The molecule has 3 amide bonds. The number of aliphatic hydroxyl groups excluding tert-OH is 2. The second-order valence-corrected chi connectivity index (χ2v) is 14.1. The summed E-state index contributed by atoms with van der Waals surface area (Å²) in [6, 6.07) is 8.59. The van der Waals surface area contributed by atoms with E-state index in [0.717, 1.165) is 11.8 Å². The summed E-state index contributed by atoms with van der Waals surface area (Å²) < 4.78 is 16.2. The van der Waals surface area contributed by atoms with Crippen LogP contribution >= 0.6 is 19.4 Å². The van der Waals surface area contributed by atoms with Crippen LogP contribution in [0.3, 0.4) is 0 Å².